The number of alkyl halides is 3. The molecule has 1 aliphatic heterocycles. The van der Waals surface area contributed by atoms with Crippen molar-refractivity contribution in [3.05, 3.63) is 0 Å². The van der Waals surface area contributed by atoms with Crippen LogP contribution in [0.3, 0.4) is 0 Å². The second-order valence-corrected chi connectivity index (χ2v) is 5.87. The van der Waals surface area contributed by atoms with Crippen molar-refractivity contribution in [3.63, 3.8) is 0 Å². The van der Waals surface area contributed by atoms with Gasteiger partial charge in [0.2, 0.25) is 0 Å². The van der Waals surface area contributed by atoms with E-state index in [1.54, 1.807) is 0 Å². The Morgan fingerprint density at radius 3 is 2.31 bits per heavy atom. The zero-order chi connectivity index (χ0) is 12.6. The van der Waals surface area contributed by atoms with Crippen LogP contribution in [-0.4, -0.2) is 49.5 Å². The minimum absolute atomic E-state index is 0.0813. The Kier molecular flexibility index (Phi) is 3.51. The number of hydrogen-bond donors (Lipinski definition) is 0. The summed E-state index contributed by atoms with van der Waals surface area (Å²) in [4.78, 5) is 11.6. The molecule has 16 heavy (non-hydrogen) atoms. The fraction of sp³-hybridized carbons (Fsp3) is 0.875. The van der Waals surface area contributed by atoms with Gasteiger partial charge in [-0.3, -0.25) is 4.79 Å². The Bertz CT molecular complexity index is 376. The molecule has 0 N–H and O–H groups in total. The van der Waals surface area contributed by atoms with Gasteiger partial charge in [0, 0.05) is 12.6 Å². The summed E-state index contributed by atoms with van der Waals surface area (Å²) < 4.78 is 58.8. The summed E-state index contributed by atoms with van der Waals surface area (Å²) in [6, 6.07) is -0.843. The van der Waals surface area contributed by atoms with E-state index in [0.717, 1.165) is 0 Å². The molecule has 1 atom stereocenters. The van der Waals surface area contributed by atoms with Gasteiger partial charge in [0.1, 0.15) is 0 Å². The number of halogens is 3. The Morgan fingerprint density at radius 2 is 2.00 bits per heavy atom. The minimum Gasteiger partial charge on any atom is -0.331 e. The molecule has 1 saturated heterocycles. The highest BCUT2D eigenvalue weighted by atomic mass is 32.2. The lowest BCUT2D eigenvalue weighted by Crippen LogP contribution is -2.47. The summed E-state index contributed by atoms with van der Waals surface area (Å²) in [6.07, 6.45) is -4.86. The minimum atomic E-state index is -4.94. The van der Waals surface area contributed by atoms with Crippen molar-refractivity contribution in [1.29, 1.82) is 0 Å². The lowest BCUT2D eigenvalue weighted by atomic mass is 10.2. The molecule has 0 radical (unpaired) electrons. The van der Waals surface area contributed by atoms with E-state index in [9.17, 15) is 26.4 Å². The summed E-state index contributed by atoms with van der Waals surface area (Å²) in [5, 5.41) is 0. The maximum Gasteiger partial charge on any atom is 0.471 e. The molecular formula is C8H12F3NO3S. The predicted octanol–water partition coefficient (Wildman–Crippen LogP) is 0.584. The first kappa shape index (κ1) is 13.3. The van der Waals surface area contributed by atoms with Gasteiger partial charge in [0.15, 0.2) is 9.84 Å². The van der Waals surface area contributed by atoms with E-state index in [2.05, 4.69) is 0 Å². The first-order valence-corrected chi connectivity index (χ1v) is 6.57. The average molecular weight is 259 g/mol. The van der Waals surface area contributed by atoms with Crippen molar-refractivity contribution in [2.75, 3.05) is 18.1 Å². The molecule has 0 aromatic rings. The average Bonchev–Trinajstić information content (AvgIpc) is 2.46. The topological polar surface area (TPSA) is 54.5 Å². The quantitative estimate of drug-likeness (QED) is 0.729. The van der Waals surface area contributed by atoms with Gasteiger partial charge in [-0.1, -0.05) is 0 Å². The highest BCUT2D eigenvalue weighted by molar-refractivity contribution is 7.91. The normalized spacial score (nSPS) is 24.4. The first-order valence-electron chi connectivity index (χ1n) is 4.75. The predicted molar refractivity (Wildman–Crippen MR) is 50.5 cm³/mol. The van der Waals surface area contributed by atoms with Crippen LogP contribution in [0, 0.1) is 0 Å². The summed E-state index contributed by atoms with van der Waals surface area (Å²) in [5.74, 6) is -2.49. The summed E-state index contributed by atoms with van der Waals surface area (Å²) in [7, 11) is -3.29. The standard InChI is InChI=1S/C8H12F3NO3S/c1-2-12(7(13)8(9,10)11)6-3-4-16(14,15)5-6/h6H,2-5H2,1H3. The molecule has 0 spiro atoms. The number of amides is 1. The van der Waals surface area contributed by atoms with Crippen LogP contribution in [0.25, 0.3) is 0 Å². The zero-order valence-corrected chi connectivity index (χ0v) is 9.44. The SMILES string of the molecule is CCN(C(=O)C(F)(F)F)C1CCS(=O)(=O)C1. The van der Waals surface area contributed by atoms with Crippen LogP contribution in [0.4, 0.5) is 13.2 Å². The molecule has 8 heteroatoms. The number of nitrogens with zero attached hydrogens (tertiary/aromatic N) is 1. The maximum absolute atomic E-state index is 12.2. The van der Waals surface area contributed by atoms with Gasteiger partial charge in [-0.15, -0.1) is 0 Å². The van der Waals surface area contributed by atoms with Crippen LogP contribution in [0.15, 0.2) is 0 Å². The van der Waals surface area contributed by atoms with Crippen molar-refractivity contribution < 1.29 is 26.4 Å². The van der Waals surface area contributed by atoms with Crippen LogP contribution >= 0.6 is 0 Å². The Morgan fingerprint density at radius 1 is 1.44 bits per heavy atom. The second kappa shape index (κ2) is 4.23. The van der Waals surface area contributed by atoms with Gasteiger partial charge in [-0.2, -0.15) is 13.2 Å². The van der Waals surface area contributed by atoms with E-state index in [1.807, 2.05) is 0 Å². The smallest absolute Gasteiger partial charge is 0.331 e. The third-order valence-corrected chi connectivity index (χ3v) is 4.24. The monoisotopic (exact) mass is 259 g/mol. The molecule has 1 fully saturated rings. The third-order valence-electron chi connectivity index (χ3n) is 2.49. The maximum atomic E-state index is 12.2. The fourth-order valence-corrected chi connectivity index (χ4v) is 3.48. The fourth-order valence-electron chi connectivity index (χ4n) is 1.75. The highest BCUT2D eigenvalue weighted by Crippen LogP contribution is 2.24. The lowest BCUT2D eigenvalue weighted by Gasteiger charge is -2.27. The highest BCUT2D eigenvalue weighted by Gasteiger charge is 2.46. The molecule has 0 aliphatic carbocycles. The molecule has 1 rings (SSSR count). The zero-order valence-electron chi connectivity index (χ0n) is 8.62. The van der Waals surface area contributed by atoms with Gasteiger partial charge in [0.05, 0.1) is 11.5 Å². The molecule has 1 aliphatic rings. The van der Waals surface area contributed by atoms with Gasteiger partial charge >= 0.3 is 12.1 Å². The van der Waals surface area contributed by atoms with Crippen LogP contribution in [0.2, 0.25) is 0 Å². The number of carbonyl (C=O) groups excluding carboxylic acids is 1. The second-order valence-electron chi connectivity index (χ2n) is 3.65. The summed E-state index contributed by atoms with van der Waals surface area (Å²) in [5.41, 5.74) is 0. The van der Waals surface area contributed by atoms with Gasteiger partial charge < -0.3 is 4.90 Å². The van der Waals surface area contributed by atoms with Gasteiger partial charge in [-0.05, 0) is 13.3 Å². The third kappa shape index (κ3) is 2.87. The van der Waals surface area contributed by atoms with Crippen molar-refractivity contribution in [3.8, 4) is 0 Å². The van der Waals surface area contributed by atoms with E-state index in [4.69, 9.17) is 0 Å². The van der Waals surface area contributed by atoms with Crippen LogP contribution in [0.5, 0.6) is 0 Å². The van der Waals surface area contributed by atoms with Crippen molar-refractivity contribution in [1.82, 2.24) is 4.90 Å². The van der Waals surface area contributed by atoms with E-state index in [-0.39, 0.29) is 24.5 Å². The number of rotatable bonds is 2. The number of hydrogen-bond acceptors (Lipinski definition) is 3. The summed E-state index contributed by atoms with van der Waals surface area (Å²) >= 11 is 0. The molecule has 0 bridgehead atoms. The van der Waals surface area contributed by atoms with E-state index >= 15 is 0 Å². The molecule has 94 valence electrons. The van der Waals surface area contributed by atoms with Crippen LogP contribution in [0.1, 0.15) is 13.3 Å². The molecule has 4 nitrogen and oxygen atoms in total. The van der Waals surface area contributed by atoms with Crippen LogP contribution in [-0.2, 0) is 14.6 Å². The van der Waals surface area contributed by atoms with E-state index in [0.29, 0.717) is 4.90 Å². The Balaban J connectivity index is 2.81. The van der Waals surface area contributed by atoms with Crippen LogP contribution < -0.4 is 0 Å². The molecule has 0 aromatic heterocycles. The van der Waals surface area contributed by atoms with Crippen molar-refractivity contribution in [2.45, 2.75) is 25.6 Å². The summed E-state index contributed by atoms with van der Waals surface area (Å²) in [6.45, 7) is 1.26. The molecule has 1 heterocycles. The molecule has 0 aromatic carbocycles. The largest absolute Gasteiger partial charge is 0.471 e. The molecular weight excluding hydrogens is 247 g/mol. The van der Waals surface area contributed by atoms with Gasteiger partial charge in [0.25, 0.3) is 0 Å². The molecule has 1 unspecified atom stereocenters. The Hall–Kier alpha value is -0.790. The van der Waals surface area contributed by atoms with Crippen molar-refractivity contribution in [2.24, 2.45) is 0 Å². The van der Waals surface area contributed by atoms with E-state index in [1.165, 1.54) is 6.92 Å². The number of carbonyl (C=O) groups is 1. The Labute approximate surface area is 91.3 Å². The lowest BCUT2D eigenvalue weighted by molar-refractivity contribution is -0.187. The molecule has 1 amide bonds. The van der Waals surface area contributed by atoms with Crippen molar-refractivity contribution >= 4 is 15.7 Å². The van der Waals surface area contributed by atoms with Gasteiger partial charge in [-0.25, -0.2) is 8.42 Å². The molecule has 0 saturated carbocycles. The first-order chi connectivity index (χ1) is 7.17. The van der Waals surface area contributed by atoms with E-state index < -0.39 is 28.0 Å². The number of sulfone groups is 1.